The number of aryl methyl sites for hydroxylation is 1. The molecule has 0 fully saturated rings. The van der Waals surface area contributed by atoms with Gasteiger partial charge < -0.3 is 34.7 Å². The van der Waals surface area contributed by atoms with Crippen molar-refractivity contribution < 1.29 is 19.0 Å². The number of aromatic nitrogens is 2. The van der Waals surface area contributed by atoms with Gasteiger partial charge in [-0.3, -0.25) is 4.79 Å². The highest BCUT2D eigenvalue weighted by atomic mass is 16.5. The van der Waals surface area contributed by atoms with Crippen LogP contribution in [0.5, 0.6) is 17.2 Å². The predicted molar refractivity (Wildman–Crippen MR) is 144 cm³/mol. The van der Waals surface area contributed by atoms with Crippen LogP contribution in [0.15, 0.2) is 30.3 Å². The number of amides is 1. The van der Waals surface area contributed by atoms with Crippen molar-refractivity contribution in [3.05, 3.63) is 35.9 Å². The Morgan fingerprint density at radius 1 is 1.11 bits per heavy atom. The Morgan fingerprint density at radius 2 is 1.81 bits per heavy atom. The molecule has 3 rings (SSSR count). The molecule has 1 heterocycles. The van der Waals surface area contributed by atoms with E-state index in [1.165, 1.54) is 0 Å². The van der Waals surface area contributed by atoms with Crippen LogP contribution < -0.4 is 25.3 Å². The van der Waals surface area contributed by atoms with E-state index in [4.69, 9.17) is 24.9 Å². The third-order valence-corrected chi connectivity index (χ3v) is 6.35. The summed E-state index contributed by atoms with van der Waals surface area (Å²) >= 11 is 0. The fraction of sp³-hybridized carbons (Fsp3) is 0.481. The fourth-order valence-electron chi connectivity index (χ4n) is 4.26. The molecule has 1 atom stereocenters. The first-order valence-electron chi connectivity index (χ1n) is 12.5. The van der Waals surface area contributed by atoms with Crippen LogP contribution in [0.1, 0.15) is 50.4 Å². The number of fused-ring (bicyclic) bond motifs is 1. The molecule has 0 aliphatic rings. The largest absolute Gasteiger partial charge is 0.493 e. The molecular weight excluding hydrogens is 458 g/mol. The number of rotatable bonds is 13. The minimum Gasteiger partial charge on any atom is -0.493 e. The van der Waals surface area contributed by atoms with E-state index >= 15 is 0 Å². The van der Waals surface area contributed by atoms with Crippen LogP contribution in [0.3, 0.4) is 0 Å². The monoisotopic (exact) mass is 497 g/mol. The zero-order valence-corrected chi connectivity index (χ0v) is 22.3. The van der Waals surface area contributed by atoms with E-state index in [0.29, 0.717) is 41.8 Å². The number of nitrogens with zero attached hydrogens (tertiary/aromatic N) is 3. The van der Waals surface area contributed by atoms with Gasteiger partial charge in [-0.25, -0.2) is 4.98 Å². The highest BCUT2D eigenvalue weighted by Crippen LogP contribution is 2.40. The lowest BCUT2D eigenvalue weighted by atomic mass is 10.1. The molecule has 0 saturated heterocycles. The van der Waals surface area contributed by atoms with Crippen LogP contribution >= 0.6 is 0 Å². The Morgan fingerprint density at radius 3 is 2.36 bits per heavy atom. The van der Waals surface area contributed by atoms with E-state index in [9.17, 15) is 4.79 Å². The number of ether oxygens (including phenoxy) is 3. The van der Waals surface area contributed by atoms with Gasteiger partial charge in [0.05, 0.1) is 32.4 Å². The summed E-state index contributed by atoms with van der Waals surface area (Å²) in [5.41, 5.74) is 8.90. The summed E-state index contributed by atoms with van der Waals surface area (Å²) in [6, 6.07) is 9.54. The first kappa shape index (κ1) is 27.1. The van der Waals surface area contributed by atoms with Gasteiger partial charge in [0, 0.05) is 42.5 Å². The van der Waals surface area contributed by atoms with Crippen molar-refractivity contribution >= 4 is 28.6 Å². The van der Waals surface area contributed by atoms with Crippen molar-refractivity contribution in [1.82, 2.24) is 14.5 Å². The second-order valence-corrected chi connectivity index (χ2v) is 8.73. The number of nitrogens with two attached hydrogens (primary N) is 1. The maximum Gasteiger partial charge on any atom is 0.254 e. The van der Waals surface area contributed by atoms with Gasteiger partial charge in [0.15, 0.2) is 11.5 Å². The number of benzene rings is 2. The third kappa shape index (κ3) is 5.67. The lowest BCUT2D eigenvalue weighted by Crippen LogP contribution is -2.38. The Kier molecular flexibility index (Phi) is 9.41. The summed E-state index contributed by atoms with van der Waals surface area (Å²) in [5, 5.41) is 3.39. The number of hydrogen-bond donors (Lipinski definition) is 2. The molecule has 36 heavy (non-hydrogen) atoms. The Balaban J connectivity index is 2.05. The number of methoxy groups -OCH3 is 3. The van der Waals surface area contributed by atoms with Crippen molar-refractivity contribution in [2.75, 3.05) is 39.7 Å². The third-order valence-electron chi connectivity index (χ3n) is 6.35. The molecule has 3 N–H and O–H groups in total. The van der Waals surface area contributed by atoms with Crippen LogP contribution in [0.4, 0.5) is 11.6 Å². The van der Waals surface area contributed by atoms with Crippen LogP contribution in [0.25, 0.3) is 11.0 Å². The lowest BCUT2D eigenvalue weighted by Gasteiger charge is -2.28. The van der Waals surface area contributed by atoms with Gasteiger partial charge in [-0.1, -0.05) is 13.8 Å². The molecule has 0 aliphatic heterocycles. The average Bonchev–Trinajstić information content (AvgIpc) is 3.24. The molecule has 1 aromatic heterocycles. The maximum atomic E-state index is 13.4. The molecule has 9 heteroatoms. The van der Waals surface area contributed by atoms with Crippen molar-refractivity contribution in [2.24, 2.45) is 5.73 Å². The summed E-state index contributed by atoms with van der Waals surface area (Å²) in [6.07, 6.45) is 2.59. The van der Waals surface area contributed by atoms with E-state index in [-0.39, 0.29) is 11.9 Å². The Labute approximate surface area is 213 Å². The maximum absolute atomic E-state index is 13.4. The lowest BCUT2D eigenvalue weighted by molar-refractivity contribution is 0.0688. The number of imidazole rings is 1. The van der Waals surface area contributed by atoms with Crippen LogP contribution in [-0.4, -0.2) is 60.8 Å². The Bertz CT molecular complexity index is 1150. The molecule has 1 amide bonds. The molecule has 0 saturated carbocycles. The SMILES string of the molecule is CCCN(C(=O)c1ccc2nc(Nc3cc(OC)c(OC)c(OC)c3)n(CCCN)c2c1)C(C)CC. The molecule has 0 spiro atoms. The minimum absolute atomic E-state index is 0.0406. The van der Waals surface area contributed by atoms with Crippen molar-refractivity contribution in [2.45, 2.75) is 52.6 Å². The second-order valence-electron chi connectivity index (χ2n) is 8.73. The molecule has 2 aromatic carbocycles. The first-order valence-corrected chi connectivity index (χ1v) is 12.5. The van der Waals surface area contributed by atoms with Crippen LogP contribution in [0, 0.1) is 0 Å². The van der Waals surface area contributed by atoms with Crippen molar-refractivity contribution in [3.63, 3.8) is 0 Å². The van der Waals surface area contributed by atoms with Crippen molar-refractivity contribution in [1.29, 1.82) is 0 Å². The molecule has 0 bridgehead atoms. The highest BCUT2D eigenvalue weighted by Gasteiger charge is 2.22. The minimum atomic E-state index is 0.0406. The average molecular weight is 498 g/mol. The summed E-state index contributed by atoms with van der Waals surface area (Å²) < 4.78 is 18.5. The molecule has 196 valence electrons. The zero-order valence-electron chi connectivity index (χ0n) is 22.3. The smallest absolute Gasteiger partial charge is 0.254 e. The molecule has 1 unspecified atom stereocenters. The fourth-order valence-corrected chi connectivity index (χ4v) is 4.26. The predicted octanol–water partition coefficient (Wildman–Crippen LogP) is 4.81. The molecule has 0 aliphatic carbocycles. The van der Waals surface area contributed by atoms with Gasteiger partial charge in [-0.2, -0.15) is 0 Å². The normalized spacial score (nSPS) is 11.9. The number of nitrogens with one attached hydrogen (secondary N) is 1. The van der Waals surface area contributed by atoms with Gasteiger partial charge in [0.2, 0.25) is 11.7 Å². The topological polar surface area (TPSA) is 104 Å². The van der Waals surface area contributed by atoms with Gasteiger partial charge in [-0.15, -0.1) is 0 Å². The van der Waals surface area contributed by atoms with Gasteiger partial charge in [-0.05, 0) is 50.9 Å². The second kappa shape index (κ2) is 12.5. The van der Waals surface area contributed by atoms with E-state index in [2.05, 4.69) is 30.7 Å². The van der Waals surface area contributed by atoms with E-state index in [1.54, 1.807) is 21.3 Å². The summed E-state index contributed by atoms with van der Waals surface area (Å²) in [5.74, 6) is 2.28. The quantitative estimate of drug-likeness (QED) is 0.349. The number of carbonyl (C=O) groups is 1. The van der Waals surface area contributed by atoms with Gasteiger partial charge >= 0.3 is 0 Å². The summed E-state index contributed by atoms with van der Waals surface area (Å²) in [7, 11) is 4.73. The molecule has 3 aromatic rings. The van der Waals surface area contributed by atoms with E-state index in [0.717, 1.165) is 42.5 Å². The van der Waals surface area contributed by atoms with Crippen LogP contribution in [-0.2, 0) is 6.54 Å². The number of anilines is 2. The standard InChI is InChI=1S/C27H39N5O4/c1-7-13-31(18(3)8-2)26(33)19-10-11-21-22(15-19)32(14-9-12-28)27(30-21)29-20-16-23(34-4)25(36-6)24(17-20)35-5/h10-11,15-18H,7-9,12-14,28H2,1-6H3,(H,29,30). The summed E-state index contributed by atoms with van der Waals surface area (Å²) in [4.78, 5) is 20.2. The van der Waals surface area contributed by atoms with Gasteiger partial charge in [0.25, 0.3) is 5.91 Å². The Hall–Kier alpha value is -3.46. The molecule has 0 radical (unpaired) electrons. The number of carbonyl (C=O) groups excluding carboxylic acids is 1. The van der Waals surface area contributed by atoms with E-state index in [1.807, 2.05) is 35.2 Å². The van der Waals surface area contributed by atoms with Crippen molar-refractivity contribution in [3.8, 4) is 17.2 Å². The zero-order chi connectivity index (χ0) is 26.2. The highest BCUT2D eigenvalue weighted by molar-refractivity contribution is 5.98. The van der Waals surface area contributed by atoms with Gasteiger partial charge in [0.1, 0.15) is 0 Å². The molecular formula is C27H39N5O4. The van der Waals surface area contributed by atoms with E-state index < -0.39 is 0 Å². The first-order chi connectivity index (χ1) is 17.4. The van der Waals surface area contributed by atoms with Crippen LogP contribution in [0.2, 0.25) is 0 Å². The summed E-state index contributed by atoms with van der Waals surface area (Å²) in [6.45, 7) is 8.21. The number of hydrogen-bond acceptors (Lipinski definition) is 7. The molecule has 9 nitrogen and oxygen atoms in total.